The fraction of sp³-hybridized carbons (Fsp3) is 0.909. The van der Waals surface area contributed by atoms with E-state index >= 15 is 0 Å². The standard InChI is InChI=1S/C11H21NO3/c1-3-8-7-12(6-5-10(8)13)9(4-2)11(14)15/h8-10,13H,3-7H2,1-2H3,(H,14,15). The number of aliphatic carboxylic acids is 1. The largest absolute Gasteiger partial charge is 0.480 e. The maximum Gasteiger partial charge on any atom is 0.320 e. The number of aliphatic hydroxyl groups is 1. The molecule has 4 heteroatoms. The van der Waals surface area contributed by atoms with Crippen molar-refractivity contribution in [2.24, 2.45) is 5.92 Å². The maximum absolute atomic E-state index is 11.0. The number of rotatable bonds is 4. The van der Waals surface area contributed by atoms with Crippen molar-refractivity contribution in [1.82, 2.24) is 4.90 Å². The van der Waals surface area contributed by atoms with Gasteiger partial charge in [-0.1, -0.05) is 13.8 Å². The Hall–Kier alpha value is -0.610. The first-order valence-electron chi connectivity index (χ1n) is 5.75. The third-order valence-corrected chi connectivity index (χ3v) is 3.36. The number of carbonyl (C=O) groups is 1. The van der Waals surface area contributed by atoms with Gasteiger partial charge in [0.05, 0.1) is 6.10 Å². The molecule has 0 aromatic rings. The molecule has 1 fully saturated rings. The Balaban J connectivity index is 2.60. The molecule has 0 amide bonds. The van der Waals surface area contributed by atoms with E-state index in [-0.39, 0.29) is 18.1 Å². The number of piperidine rings is 1. The van der Waals surface area contributed by atoms with Crippen LogP contribution in [0.4, 0.5) is 0 Å². The molecule has 0 spiro atoms. The van der Waals surface area contributed by atoms with E-state index in [0.717, 1.165) is 6.42 Å². The Morgan fingerprint density at radius 1 is 1.53 bits per heavy atom. The van der Waals surface area contributed by atoms with Crippen molar-refractivity contribution in [2.45, 2.75) is 45.3 Å². The van der Waals surface area contributed by atoms with Gasteiger partial charge in [-0.05, 0) is 25.2 Å². The quantitative estimate of drug-likeness (QED) is 0.732. The Kier molecular flexibility index (Phi) is 4.54. The predicted octanol–water partition coefficient (Wildman–Crippen LogP) is 0.942. The SMILES string of the molecule is CCC1CN(C(CC)C(=O)O)CCC1O. The lowest BCUT2D eigenvalue weighted by atomic mass is 9.91. The first-order chi connectivity index (χ1) is 7.10. The smallest absolute Gasteiger partial charge is 0.320 e. The van der Waals surface area contributed by atoms with Gasteiger partial charge in [-0.25, -0.2) is 0 Å². The minimum absolute atomic E-state index is 0.229. The minimum Gasteiger partial charge on any atom is -0.480 e. The fourth-order valence-electron chi connectivity index (χ4n) is 2.32. The molecule has 4 nitrogen and oxygen atoms in total. The molecular weight excluding hydrogens is 194 g/mol. The van der Waals surface area contributed by atoms with E-state index in [4.69, 9.17) is 5.11 Å². The fourth-order valence-corrected chi connectivity index (χ4v) is 2.32. The van der Waals surface area contributed by atoms with Crippen LogP contribution in [-0.4, -0.2) is 46.3 Å². The number of carboxylic acid groups (broad SMARTS) is 1. The molecule has 1 heterocycles. The molecule has 15 heavy (non-hydrogen) atoms. The molecule has 3 atom stereocenters. The molecular formula is C11H21NO3. The Morgan fingerprint density at radius 3 is 2.67 bits per heavy atom. The maximum atomic E-state index is 11.0. The van der Waals surface area contributed by atoms with Gasteiger partial charge in [0.25, 0.3) is 0 Å². The first kappa shape index (κ1) is 12.5. The van der Waals surface area contributed by atoms with E-state index in [2.05, 4.69) is 0 Å². The molecule has 1 rings (SSSR count). The number of hydrogen-bond acceptors (Lipinski definition) is 3. The summed E-state index contributed by atoms with van der Waals surface area (Å²) in [5, 5.41) is 18.8. The van der Waals surface area contributed by atoms with Gasteiger partial charge in [0.1, 0.15) is 6.04 Å². The molecule has 88 valence electrons. The van der Waals surface area contributed by atoms with Crippen LogP contribution in [0.5, 0.6) is 0 Å². The second-order valence-electron chi connectivity index (χ2n) is 4.28. The summed E-state index contributed by atoms with van der Waals surface area (Å²) in [6.07, 6.45) is 1.98. The molecule has 0 saturated carbocycles. The van der Waals surface area contributed by atoms with E-state index in [9.17, 15) is 9.90 Å². The Bertz CT molecular complexity index is 220. The van der Waals surface area contributed by atoms with Crippen molar-refractivity contribution >= 4 is 5.97 Å². The molecule has 1 aliphatic rings. The minimum atomic E-state index is -0.747. The van der Waals surface area contributed by atoms with E-state index in [0.29, 0.717) is 25.9 Å². The summed E-state index contributed by atoms with van der Waals surface area (Å²) in [7, 11) is 0. The number of likely N-dealkylation sites (tertiary alicyclic amines) is 1. The van der Waals surface area contributed by atoms with Crippen LogP contribution in [0.15, 0.2) is 0 Å². The number of hydrogen-bond donors (Lipinski definition) is 2. The van der Waals surface area contributed by atoms with Gasteiger partial charge >= 0.3 is 5.97 Å². The number of aliphatic hydroxyl groups excluding tert-OH is 1. The van der Waals surface area contributed by atoms with Gasteiger partial charge < -0.3 is 10.2 Å². The third-order valence-electron chi connectivity index (χ3n) is 3.36. The molecule has 3 unspecified atom stereocenters. The topological polar surface area (TPSA) is 60.8 Å². The zero-order chi connectivity index (χ0) is 11.4. The summed E-state index contributed by atoms with van der Waals surface area (Å²) >= 11 is 0. The van der Waals surface area contributed by atoms with Gasteiger partial charge in [0.15, 0.2) is 0 Å². The lowest BCUT2D eigenvalue weighted by molar-refractivity contribution is -0.145. The normalized spacial score (nSPS) is 30.1. The molecule has 0 aliphatic carbocycles. The summed E-state index contributed by atoms with van der Waals surface area (Å²) in [6, 6.07) is -0.383. The van der Waals surface area contributed by atoms with Crippen LogP contribution in [0.25, 0.3) is 0 Å². The van der Waals surface area contributed by atoms with E-state index in [1.807, 2.05) is 18.7 Å². The van der Waals surface area contributed by atoms with Crippen LogP contribution in [-0.2, 0) is 4.79 Å². The van der Waals surface area contributed by atoms with Crippen molar-refractivity contribution in [3.63, 3.8) is 0 Å². The summed E-state index contributed by atoms with van der Waals surface area (Å²) in [5.41, 5.74) is 0. The molecule has 1 saturated heterocycles. The highest BCUT2D eigenvalue weighted by molar-refractivity contribution is 5.73. The van der Waals surface area contributed by atoms with Crippen LogP contribution in [0.1, 0.15) is 33.1 Å². The molecule has 0 aromatic heterocycles. The second kappa shape index (κ2) is 5.47. The average Bonchev–Trinajstić information content (AvgIpc) is 2.21. The highest BCUT2D eigenvalue weighted by atomic mass is 16.4. The highest BCUT2D eigenvalue weighted by Crippen LogP contribution is 2.22. The van der Waals surface area contributed by atoms with Crippen LogP contribution in [0.3, 0.4) is 0 Å². The molecule has 0 bridgehead atoms. The van der Waals surface area contributed by atoms with Gasteiger partial charge in [-0.15, -0.1) is 0 Å². The van der Waals surface area contributed by atoms with Crippen molar-refractivity contribution in [3.05, 3.63) is 0 Å². The molecule has 0 radical (unpaired) electrons. The zero-order valence-corrected chi connectivity index (χ0v) is 9.52. The molecule has 2 N–H and O–H groups in total. The summed E-state index contributed by atoms with van der Waals surface area (Å²) < 4.78 is 0. The lowest BCUT2D eigenvalue weighted by Gasteiger charge is -2.38. The summed E-state index contributed by atoms with van der Waals surface area (Å²) in [5.74, 6) is -0.518. The zero-order valence-electron chi connectivity index (χ0n) is 9.52. The first-order valence-corrected chi connectivity index (χ1v) is 5.75. The number of nitrogens with zero attached hydrogens (tertiary/aromatic N) is 1. The van der Waals surface area contributed by atoms with Crippen LogP contribution in [0, 0.1) is 5.92 Å². The van der Waals surface area contributed by atoms with Crippen molar-refractivity contribution in [1.29, 1.82) is 0 Å². The summed E-state index contributed by atoms with van der Waals surface area (Å²) in [6.45, 7) is 5.34. The van der Waals surface area contributed by atoms with Gasteiger partial charge in [-0.3, -0.25) is 9.69 Å². The third kappa shape index (κ3) is 2.92. The second-order valence-corrected chi connectivity index (χ2v) is 4.28. The summed E-state index contributed by atoms with van der Waals surface area (Å²) in [4.78, 5) is 13.0. The van der Waals surface area contributed by atoms with Crippen molar-refractivity contribution in [2.75, 3.05) is 13.1 Å². The predicted molar refractivity (Wildman–Crippen MR) is 57.7 cm³/mol. The number of carboxylic acids is 1. The lowest BCUT2D eigenvalue weighted by Crippen LogP contribution is -2.50. The van der Waals surface area contributed by atoms with Gasteiger partial charge in [-0.2, -0.15) is 0 Å². The van der Waals surface area contributed by atoms with Gasteiger partial charge in [0, 0.05) is 13.1 Å². The van der Waals surface area contributed by atoms with Gasteiger partial charge in [0.2, 0.25) is 0 Å². The van der Waals surface area contributed by atoms with Crippen molar-refractivity contribution in [3.8, 4) is 0 Å². The van der Waals surface area contributed by atoms with E-state index in [1.54, 1.807) is 0 Å². The average molecular weight is 215 g/mol. The van der Waals surface area contributed by atoms with E-state index < -0.39 is 5.97 Å². The monoisotopic (exact) mass is 215 g/mol. The Labute approximate surface area is 90.9 Å². The molecule has 0 aromatic carbocycles. The molecule has 1 aliphatic heterocycles. The van der Waals surface area contributed by atoms with E-state index in [1.165, 1.54) is 0 Å². The Morgan fingerprint density at radius 2 is 2.20 bits per heavy atom. The van der Waals surface area contributed by atoms with Crippen LogP contribution < -0.4 is 0 Å². The van der Waals surface area contributed by atoms with Crippen LogP contribution in [0.2, 0.25) is 0 Å². The van der Waals surface area contributed by atoms with Crippen molar-refractivity contribution < 1.29 is 15.0 Å². The van der Waals surface area contributed by atoms with Crippen LogP contribution >= 0.6 is 0 Å². The highest BCUT2D eigenvalue weighted by Gasteiger charge is 2.32.